The standard InChI is InChI=1S/C7H13F2N.ClH/c1-5-4-6(10)2-3-7(5,8)9;/h5-6H,2-4,10H2,1H3;1H. The summed E-state index contributed by atoms with van der Waals surface area (Å²) in [6.07, 6.45) is 0.902. The molecule has 0 amide bonds. The molecule has 11 heavy (non-hydrogen) atoms. The third-order valence-electron chi connectivity index (χ3n) is 2.23. The van der Waals surface area contributed by atoms with Crippen LogP contribution in [0.4, 0.5) is 8.78 Å². The summed E-state index contributed by atoms with van der Waals surface area (Å²) < 4.78 is 25.4. The average Bonchev–Trinajstić information content (AvgIpc) is 1.81. The van der Waals surface area contributed by atoms with E-state index in [0.717, 1.165) is 0 Å². The van der Waals surface area contributed by atoms with E-state index >= 15 is 0 Å². The topological polar surface area (TPSA) is 26.0 Å². The maximum Gasteiger partial charge on any atom is 0.250 e. The van der Waals surface area contributed by atoms with Crippen LogP contribution in [0.25, 0.3) is 0 Å². The Morgan fingerprint density at radius 1 is 1.45 bits per heavy atom. The smallest absolute Gasteiger partial charge is 0.250 e. The van der Waals surface area contributed by atoms with Crippen LogP contribution >= 0.6 is 12.4 Å². The van der Waals surface area contributed by atoms with Crippen molar-refractivity contribution in [2.45, 2.75) is 38.2 Å². The summed E-state index contributed by atoms with van der Waals surface area (Å²) in [5.41, 5.74) is 5.51. The minimum absolute atomic E-state index is 0. The Bertz CT molecular complexity index is 130. The van der Waals surface area contributed by atoms with E-state index in [0.29, 0.717) is 12.8 Å². The van der Waals surface area contributed by atoms with E-state index < -0.39 is 11.8 Å². The van der Waals surface area contributed by atoms with Gasteiger partial charge in [0.05, 0.1) is 0 Å². The van der Waals surface area contributed by atoms with Crippen LogP contribution in [-0.4, -0.2) is 12.0 Å². The van der Waals surface area contributed by atoms with Gasteiger partial charge < -0.3 is 5.73 Å². The Kier molecular flexibility index (Phi) is 3.71. The maximum absolute atomic E-state index is 12.7. The fraction of sp³-hybridized carbons (Fsp3) is 1.00. The molecule has 0 aromatic heterocycles. The first-order valence-electron chi connectivity index (χ1n) is 3.66. The molecule has 1 nitrogen and oxygen atoms in total. The molecule has 2 N–H and O–H groups in total. The highest BCUT2D eigenvalue weighted by molar-refractivity contribution is 5.85. The maximum atomic E-state index is 12.7. The molecule has 0 spiro atoms. The lowest BCUT2D eigenvalue weighted by Crippen LogP contribution is -2.39. The third-order valence-corrected chi connectivity index (χ3v) is 2.23. The lowest BCUT2D eigenvalue weighted by atomic mass is 9.84. The predicted molar refractivity (Wildman–Crippen MR) is 43.2 cm³/mol. The zero-order valence-corrected chi connectivity index (χ0v) is 7.33. The fourth-order valence-electron chi connectivity index (χ4n) is 1.37. The Morgan fingerprint density at radius 3 is 2.36 bits per heavy atom. The molecule has 68 valence electrons. The Balaban J connectivity index is 0.000001000. The SMILES string of the molecule is CC1CC(N)CCC1(F)F.Cl. The molecule has 2 atom stereocenters. The lowest BCUT2D eigenvalue weighted by Gasteiger charge is -2.31. The van der Waals surface area contributed by atoms with Gasteiger partial charge in [-0.15, -0.1) is 12.4 Å². The van der Waals surface area contributed by atoms with Crippen LogP contribution in [0.3, 0.4) is 0 Å². The molecule has 0 aromatic rings. The minimum atomic E-state index is -2.46. The Hall–Kier alpha value is 0.110. The van der Waals surface area contributed by atoms with Crippen molar-refractivity contribution in [3.05, 3.63) is 0 Å². The molecule has 1 fully saturated rings. The van der Waals surface area contributed by atoms with Crippen LogP contribution in [0.2, 0.25) is 0 Å². The molecule has 0 aromatic carbocycles. The van der Waals surface area contributed by atoms with Crippen LogP contribution in [-0.2, 0) is 0 Å². The van der Waals surface area contributed by atoms with Crippen molar-refractivity contribution in [3.63, 3.8) is 0 Å². The van der Waals surface area contributed by atoms with Crippen molar-refractivity contribution in [2.75, 3.05) is 0 Å². The number of halogens is 3. The zero-order chi connectivity index (χ0) is 7.78. The average molecular weight is 186 g/mol. The highest BCUT2D eigenvalue weighted by Crippen LogP contribution is 2.37. The van der Waals surface area contributed by atoms with Gasteiger partial charge in [0.15, 0.2) is 0 Å². The fourth-order valence-corrected chi connectivity index (χ4v) is 1.37. The Morgan fingerprint density at radius 2 is 2.00 bits per heavy atom. The van der Waals surface area contributed by atoms with Gasteiger partial charge in [0.1, 0.15) is 0 Å². The second-order valence-electron chi connectivity index (χ2n) is 3.20. The molecule has 0 bridgehead atoms. The van der Waals surface area contributed by atoms with Crippen molar-refractivity contribution in [3.8, 4) is 0 Å². The molecule has 2 unspecified atom stereocenters. The second kappa shape index (κ2) is 3.68. The number of hydrogen-bond acceptors (Lipinski definition) is 1. The van der Waals surface area contributed by atoms with E-state index in [1.165, 1.54) is 0 Å². The summed E-state index contributed by atoms with van der Waals surface area (Å²) in [6, 6.07) is -0.00498. The minimum Gasteiger partial charge on any atom is -0.328 e. The molecule has 4 heteroatoms. The van der Waals surface area contributed by atoms with Crippen molar-refractivity contribution in [1.82, 2.24) is 0 Å². The first-order chi connectivity index (χ1) is 4.52. The van der Waals surface area contributed by atoms with Crippen molar-refractivity contribution >= 4 is 12.4 Å². The van der Waals surface area contributed by atoms with Gasteiger partial charge in [-0.25, -0.2) is 8.78 Å². The van der Waals surface area contributed by atoms with E-state index in [1.807, 2.05) is 0 Å². The number of hydrogen-bond donors (Lipinski definition) is 1. The van der Waals surface area contributed by atoms with E-state index in [2.05, 4.69) is 0 Å². The summed E-state index contributed by atoms with van der Waals surface area (Å²) >= 11 is 0. The van der Waals surface area contributed by atoms with Gasteiger partial charge in [-0.2, -0.15) is 0 Å². The van der Waals surface area contributed by atoms with Crippen LogP contribution in [0.1, 0.15) is 26.2 Å². The van der Waals surface area contributed by atoms with Crippen LogP contribution in [0.5, 0.6) is 0 Å². The van der Waals surface area contributed by atoms with Gasteiger partial charge in [-0.05, 0) is 12.8 Å². The van der Waals surface area contributed by atoms with Crippen LogP contribution in [0.15, 0.2) is 0 Å². The second-order valence-corrected chi connectivity index (χ2v) is 3.20. The molecule has 1 saturated carbocycles. The first-order valence-corrected chi connectivity index (χ1v) is 3.66. The molecule has 0 radical (unpaired) electrons. The Labute approximate surface area is 71.7 Å². The van der Waals surface area contributed by atoms with Crippen molar-refractivity contribution in [2.24, 2.45) is 11.7 Å². The lowest BCUT2D eigenvalue weighted by molar-refractivity contribution is -0.0822. The normalized spacial score (nSPS) is 36.0. The summed E-state index contributed by atoms with van der Waals surface area (Å²) in [7, 11) is 0. The largest absolute Gasteiger partial charge is 0.328 e. The van der Waals surface area contributed by atoms with Gasteiger partial charge in [0, 0.05) is 18.4 Å². The highest BCUT2D eigenvalue weighted by atomic mass is 35.5. The molecule has 0 aliphatic heterocycles. The molecular formula is C7H14ClF2N. The molecule has 1 aliphatic rings. The van der Waals surface area contributed by atoms with E-state index in [-0.39, 0.29) is 24.9 Å². The monoisotopic (exact) mass is 185 g/mol. The van der Waals surface area contributed by atoms with Gasteiger partial charge in [-0.3, -0.25) is 0 Å². The van der Waals surface area contributed by atoms with E-state index in [4.69, 9.17) is 5.73 Å². The molecule has 0 saturated heterocycles. The van der Waals surface area contributed by atoms with E-state index in [9.17, 15) is 8.78 Å². The molecule has 0 heterocycles. The molecule has 1 rings (SSSR count). The van der Waals surface area contributed by atoms with E-state index in [1.54, 1.807) is 6.92 Å². The van der Waals surface area contributed by atoms with Gasteiger partial charge in [-0.1, -0.05) is 6.92 Å². The predicted octanol–water partition coefficient (Wildman–Crippen LogP) is 2.19. The van der Waals surface area contributed by atoms with Gasteiger partial charge in [0.25, 0.3) is 5.92 Å². The van der Waals surface area contributed by atoms with Gasteiger partial charge in [0.2, 0.25) is 0 Å². The first kappa shape index (κ1) is 11.1. The van der Waals surface area contributed by atoms with Crippen molar-refractivity contribution in [1.29, 1.82) is 0 Å². The highest BCUT2D eigenvalue weighted by Gasteiger charge is 2.40. The summed E-state index contributed by atoms with van der Waals surface area (Å²) in [6.45, 7) is 1.57. The third kappa shape index (κ3) is 2.56. The zero-order valence-electron chi connectivity index (χ0n) is 6.52. The molecule has 1 aliphatic carbocycles. The summed E-state index contributed by atoms with van der Waals surface area (Å²) in [5, 5.41) is 0. The number of rotatable bonds is 0. The number of alkyl halides is 2. The van der Waals surface area contributed by atoms with Crippen LogP contribution < -0.4 is 5.73 Å². The quantitative estimate of drug-likeness (QED) is 0.615. The summed E-state index contributed by atoms with van der Waals surface area (Å²) in [5.74, 6) is -2.99. The summed E-state index contributed by atoms with van der Waals surface area (Å²) in [4.78, 5) is 0. The number of nitrogens with two attached hydrogens (primary N) is 1. The van der Waals surface area contributed by atoms with Crippen molar-refractivity contribution < 1.29 is 8.78 Å². The molecular weight excluding hydrogens is 172 g/mol. The van der Waals surface area contributed by atoms with Gasteiger partial charge >= 0.3 is 0 Å². The van der Waals surface area contributed by atoms with Crippen LogP contribution in [0, 0.1) is 5.92 Å².